The van der Waals surface area contributed by atoms with Crippen LogP contribution >= 0.6 is 22.9 Å². The number of aryl methyl sites for hydroxylation is 1. The number of thiazole rings is 1. The van der Waals surface area contributed by atoms with Gasteiger partial charge >= 0.3 is 0 Å². The van der Waals surface area contributed by atoms with Crippen LogP contribution in [0.1, 0.15) is 20.2 Å². The van der Waals surface area contributed by atoms with Gasteiger partial charge in [-0.2, -0.15) is 0 Å². The van der Waals surface area contributed by atoms with Crippen LogP contribution in [0.3, 0.4) is 0 Å². The predicted octanol–water partition coefficient (Wildman–Crippen LogP) is 3.17. The summed E-state index contributed by atoms with van der Waals surface area (Å²) in [7, 11) is 0. The summed E-state index contributed by atoms with van der Waals surface area (Å²) in [6.45, 7) is 2.19. The van der Waals surface area contributed by atoms with Gasteiger partial charge in [0, 0.05) is 11.1 Å². The highest BCUT2D eigenvalue weighted by atomic mass is 35.5. The van der Waals surface area contributed by atoms with E-state index in [4.69, 9.17) is 11.6 Å². The number of carbonyl (C=O) groups excluding carboxylic acids is 1. The Hall–Kier alpha value is -1.46. The van der Waals surface area contributed by atoms with Crippen LogP contribution in [-0.2, 0) is 6.54 Å². The molecular formula is C12H10ClFN2OS. The normalized spacial score (nSPS) is 10.4. The van der Waals surface area contributed by atoms with Gasteiger partial charge < -0.3 is 5.32 Å². The Bertz CT molecular complexity index is 565. The summed E-state index contributed by atoms with van der Waals surface area (Å²) in [5.74, 6) is -1.17. The summed E-state index contributed by atoms with van der Waals surface area (Å²) in [6.07, 6.45) is 1.72. The zero-order valence-electron chi connectivity index (χ0n) is 9.54. The fourth-order valence-electron chi connectivity index (χ4n) is 1.44. The van der Waals surface area contributed by atoms with Crippen molar-refractivity contribution in [1.29, 1.82) is 0 Å². The molecule has 0 aliphatic carbocycles. The van der Waals surface area contributed by atoms with E-state index in [1.54, 1.807) is 6.20 Å². The maximum atomic E-state index is 13.5. The molecule has 0 spiro atoms. The number of hydrogen-bond donors (Lipinski definition) is 1. The van der Waals surface area contributed by atoms with E-state index in [9.17, 15) is 9.18 Å². The molecule has 1 N–H and O–H groups in total. The molecule has 18 heavy (non-hydrogen) atoms. The van der Waals surface area contributed by atoms with Gasteiger partial charge in [-0.3, -0.25) is 4.79 Å². The van der Waals surface area contributed by atoms with Crippen molar-refractivity contribution >= 4 is 28.8 Å². The quantitative estimate of drug-likeness (QED) is 0.940. The van der Waals surface area contributed by atoms with E-state index in [0.29, 0.717) is 0 Å². The first kappa shape index (κ1) is 13.0. The van der Waals surface area contributed by atoms with Crippen molar-refractivity contribution in [3.63, 3.8) is 0 Å². The standard InChI is InChI=1S/C12H10ClFN2OS/c1-7-5-15-10(18-7)6-16-12(17)11-8(13)3-2-4-9(11)14/h2-5H,6H2,1H3,(H,16,17). The molecule has 0 aliphatic heterocycles. The van der Waals surface area contributed by atoms with Gasteiger partial charge in [0.1, 0.15) is 10.8 Å². The molecule has 94 valence electrons. The van der Waals surface area contributed by atoms with Crippen LogP contribution in [0.15, 0.2) is 24.4 Å². The molecule has 1 amide bonds. The second-order valence-corrected chi connectivity index (χ2v) is 5.37. The molecule has 0 fully saturated rings. The number of amides is 1. The summed E-state index contributed by atoms with van der Waals surface area (Å²) >= 11 is 7.28. The molecule has 1 heterocycles. The van der Waals surface area contributed by atoms with Crippen LogP contribution in [0.4, 0.5) is 4.39 Å². The first-order chi connectivity index (χ1) is 8.58. The topological polar surface area (TPSA) is 42.0 Å². The van der Waals surface area contributed by atoms with Crippen LogP contribution in [0.2, 0.25) is 5.02 Å². The Balaban J connectivity index is 2.08. The van der Waals surface area contributed by atoms with E-state index in [2.05, 4.69) is 10.3 Å². The summed E-state index contributed by atoms with van der Waals surface area (Å²) in [5.41, 5.74) is -0.132. The molecule has 1 aromatic carbocycles. The molecule has 0 saturated heterocycles. The molecule has 0 atom stereocenters. The van der Waals surface area contributed by atoms with Gasteiger partial charge in [0.25, 0.3) is 5.91 Å². The third-order valence-electron chi connectivity index (χ3n) is 2.26. The fourth-order valence-corrected chi connectivity index (χ4v) is 2.42. The lowest BCUT2D eigenvalue weighted by Gasteiger charge is -2.06. The van der Waals surface area contributed by atoms with Crippen LogP contribution in [-0.4, -0.2) is 10.9 Å². The van der Waals surface area contributed by atoms with E-state index in [1.165, 1.54) is 29.5 Å². The molecular weight excluding hydrogens is 275 g/mol. The summed E-state index contributed by atoms with van der Waals surface area (Å²) < 4.78 is 13.5. The third-order valence-corrected chi connectivity index (χ3v) is 3.49. The van der Waals surface area contributed by atoms with E-state index in [0.717, 1.165) is 9.88 Å². The molecule has 2 aromatic rings. The average Bonchev–Trinajstić information content (AvgIpc) is 2.72. The largest absolute Gasteiger partial charge is 0.345 e. The first-order valence-corrected chi connectivity index (χ1v) is 6.41. The SMILES string of the molecule is Cc1cnc(CNC(=O)c2c(F)cccc2Cl)s1. The number of nitrogens with one attached hydrogen (secondary N) is 1. The lowest BCUT2D eigenvalue weighted by molar-refractivity contribution is 0.0947. The Morgan fingerprint density at radius 3 is 2.94 bits per heavy atom. The number of aromatic nitrogens is 1. The average molecular weight is 285 g/mol. The van der Waals surface area contributed by atoms with Crippen LogP contribution in [0.25, 0.3) is 0 Å². The highest BCUT2D eigenvalue weighted by Gasteiger charge is 2.15. The minimum Gasteiger partial charge on any atom is -0.345 e. The van der Waals surface area contributed by atoms with Gasteiger partial charge in [-0.1, -0.05) is 17.7 Å². The molecule has 0 saturated carbocycles. The van der Waals surface area contributed by atoms with Crippen molar-refractivity contribution < 1.29 is 9.18 Å². The van der Waals surface area contributed by atoms with Crippen molar-refractivity contribution in [1.82, 2.24) is 10.3 Å². The monoisotopic (exact) mass is 284 g/mol. The second kappa shape index (κ2) is 5.46. The predicted molar refractivity (Wildman–Crippen MR) is 69.4 cm³/mol. The Morgan fingerprint density at radius 2 is 2.33 bits per heavy atom. The highest BCUT2D eigenvalue weighted by molar-refractivity contribution is 7.11. The summed E-state index contributed by atoms with van der Waals surface area (Å²) in [5, 5.41) is 3.47. The van der Waals surface area contributed by atoms with Crippen molar-refractivity contribution in [2.75, 3.05) is 0 Å². The van der Waals surface area contributed by atoms with Gasteiger partial charge in [-0.15, -0.1) is 11.3 Å². The number of benzene rings is 1. The number of nitrogens with zero attached hydrogens (tertiary/aromatic N) is 1. The zero-order chi connectivity index (χ0) is 13.1. The number of halogens is 2. The molecule has 1 aromatic heterocycles. The van der Waals surface area contributed by atoms with Crippen molar-refractivity contribution in [3.05, 3.63) is 50.7 Å². The van der Waals surface area contributed by atoms with E-state index >= 15 is 0 Å². The lowest BCUT2D eigenvalue weighted by Crippen LogP contribution is -2.24. The molecule has 0 unspecified atom stereocenters. The van der Waals surface area contributed by atoms with Gasteiger partial charge in [0.05, 0.1) is 17.1 Å². The van der Waals surface area contributed by atoms with Crippen molar-refractivity contribution in [2.24, 2.45) is 0 Å². The lowest BCUT2D eigenvalue weighted by atomic mass is 10.2. The Kier molecular flexibility index (Phi) is 3.93. The number of rotatable bonds is 3. The van der Waals surface area contributed by atoms with Crippen LogP contribution in [0, 0.1) is 12.7 Å². The summed E-state index contributed by atoms with van der Waals surface area (Å²) in [6, 6.07) is 4.14. The van der Waals surface area contributed by atoms with Crippen molar-refractivity contribution in [2.45, 2.75) is 13.5 Å². The van der Waals surface area contributed by atoms with Gasteiger partial charge in [-0.25, -0.2) is 9.37 Å². The van der Waals surface area contributed by atoms with Crippen LogP contribution in [0.5, 0.6) is 0 Å². The Labute approximate surface area is 113 Å². The van der Waals surface area contributed by atoms with Gasteiger partial charge in [0.2, 0.25) is 0 Å². The first-order valence-electron chi connectivity index (χ1n) is 5.21. The van der Waals surface area contributed by atoms with E-state index in [-0.39, 0.29) is 17.1 Å². The second-order valence-electron chi connectivity index (χ2n) is 3.64. The van der Waals surface area contributed by atoms with E-state index in [1.807, 2.05) is 6.92 Å². The van der Waals surface area contributed by atoms with Gasteiger partial charge in [0.15, 0.2) is 0 Å². The smallest absolute Gasteiger partial charge is 0.256 e. The third kappa shape index (κ3) is 2.86. The maximum Gasteiger partial charge on any atom is 0.256 e. The zero-order valence-corrected chi connectivity index (χ0v) is 11.1. The van der Waals surface area contributed by atoms with Crippen molar-refractivity contribution in [3.8, 4) is 0 Å². The fraction of sp³-hybridized carbons (Fsp3) is 0.167. The molecule has 3 nitrogen and oxygen atoms in total. The number of hydrogen-bond acceptors (Lipinski definition) is 3. The molecule has 0 aliphatic rings. The molecule has 0 bridgehead atoms. The molecule has 0 radical (unpaired) electrons. The Morgan fingerprint density at radius 1 is 1.56 bits per heavy atom. The highest BCUT2D eigenvalue weighted by Crippen LogP contribution is 2.19. The van der Waals surface area contributed by atoms with E-state index < -0.39 is 11.7 Å². The van der Waals surface area contributed by atoms with Gasteiger partial charge in [-0.05, 0) is 19.1 Å². The molecule has 6 heteroatoms. The molecule has 2 rings (SSSR count). The minimum absolute atomic E-state index is 0.0998. The number of carbonyl (C=O) groups is 1. The summed E-state index contributed by atoms with van der Waals surface area (Å²) in [4.78, 5) is 17.0. The maximum absolute atomic E-state index is 13.5. The van der Waals surface area contributed by atoms with Crippen LogP contribution < -0.4 is 5.32 Å². The minimum atomic E-state index is -0.629.